The molecule has 0 bridgehead atoms. The van der Waals surface area contributed by atoms with Crippen molar-refractivity contribution in [3.05, 3.63) is 78.9 Å². The van der Waals surface area contributed by atoms with Crippen LogP contribution in [-0.4, -0.2) is 6.26 Å². The number of benzene rings is 4. The van der Waals surface area contributed by atoms with Crippen LogP contribution in [-0.2, 0) is 0 Å². The molecule has 22 heavy (non-hydrogen) atoms. The van der Waals surface area contributed by atoms with Gasteiger partial charge in [0.2, 0.25) is 0 Å². The third-order valence-corrected chi connectivity index (χ3v) is 4.95. The average molecular weight is 300 g/mol. The molecule has 0 amide bonds. The zero-order chi connectivity index (χ0) is 14.9. The van der Waals surface area contributed by atoms with E-state index in [1.54, 1.807) is 0 Å². The summed E-state index contributed by atoms with van der Waals surface area (Å²) in [6.45, 7) is 0. The fourth-order valence-corrected chi connectivity index (χ4v) is 3.77. The van der Waals surface area contributed by atoms with Crippen LogP contribution < -0.4 is 0 Å². The largest absolute Gasteiger partial charge is 0.129 e. The summed E-state index contributed by atoms with van der Waals surface area (Å²) in [5.41, 5.74) is 2.67. The summed E-state index contributed by atoms with van der Waals surface area (Å²) in [5.74, 6) is 0. The number of hydrogen-bond acceptors (Lipinski definition) is 1. The first-order chi connectivity index (χ1) is 10.9. The van der Waals surface area contributed by atoms with Crippen LogP contribution in [0.25, 0.3) is 32.7 Å². The van der Waals surface area contributed by atoms with Crippen molar-refractivity contribution >= 4 is 33.3 Å². The number of fused-ring (bicyclic) bond motifs is 2. The van der Waals surface area contributed by atoms with Crippen LogP contribution in [0.5, 0.6) is 0 Å². The Balaban J connectivity index is 2.16. The van der Waals surface area contributed by atoms with Gasteiger partial charge < -0.3 is 0 Å². The summed E-state index contributed by atoms with van der Waals surface area (Å²) in [6, 6.07) is 28.3. The lowest BCUT2D eigenvalue weighted by Gasteiger charge is -2.14. The van der Waals surface area contributed by atoms with Crippen LogP contribution in [0.1, 0.15) is 0 Å². The molecule has 0 aliphatic carbocycles. The monoisotopic (exact) mass is 300 g/mol. The molecular weight excluding hydrogens is 284 g/mol. The molecule has 4 aromatic rings. The fraction of sp³-hybridized carbons (Fsp3) is 0.0476. The molecule has 4 aromatic carbocycles. The van der Waals surface area contributed by atoms with Gasteiger partial charge in [0, 0.05) is 10.5 Å². The maximum Gasteiger partial charge on any atom is 0.0154 e. The molecule has 0 atom stereocenters. The van der Waals surface area contributed by atoms with E-state index < -0.39 is 0 Å². The normalized spacial score (nSPS) is 11.1. The van der Waals surface area contributed by atoms with E-state index >= 15 is 0 Å². The van der Waals surface area contributed by atoms with Crippen molar-refractivity contribution < 1.29 is 0 Å². The lowest BCUT2D eigenvalue weighted by Crippen LogP contribution is -1.87. The van der Waals surface area contributed by atoms with Crippen molar-refractivity contribution in [1.29, 1.82) is 0 Å². The van der Waals surface area contributed by atoms with E-state index in [4.69, 9.17) is 0 Å². The summed E-state index contributed by atoms with van der Waals surface area (Å²) < 4.78 is 0. The molecular formula is C21H16S. The van der Waals surface area contributed by atoms with Crippen molar-refractivity contribution in [3.63, 3.8) is 0 Å². The summed E-state index contributed by atoms with van der Waals surface area (Å²) >= 11 is 1.81. The lowest BCUT2D eigenvalue weighted by molar-refractivity contribution is 1.50. The van der Waals surface area contributed by atoms with Gasteiger partial charge in [-0.2, -0.15) is 0 Å². The Kier molecular flexibility index (Phi) is 3.36. The Morgan fingerprint density at radius 2 is 1.23 bits per heavy atom. The second-order valence-corrected chi connectivity index (χ2v) is 6.24. The van der Waals surface area contributed by atoms with Crippen molar-refractivity contribution in [3.8, 4) is 11.1 Å². The highest BCUT2D eigenvalue weighted by Gasteiger charge is 2.11. The van der Waals surface area contributed by atoms with E-state index in [2.05, 4.69) is 85.1 Å². The van der Waals surface area contributed by atoms with Crippen molar-refractivity contribution in [1.82, 2.24) is 0 Å². The van der Waals surface area contributed by atoms with E-state index in [0.29, 0.717) is 0 Å². The number of hydrogen-bond donors (Lipinski definition) is 0. The maximum absolute atomic E-state index is 2.24. The van der Waals surface area contributed by atoms with Gasteiger partial charge in [0.25, 0.3) is 0 Å². The van der Waals surface area contributed by atoms with E-state index in [0.717, 1.165) is 0 Å². The Morgan fingerprint density at radius 1 is 0.591 bits per heavy atom. The molecule has 0 unspecified atom stereocenters. The third-order valence-electron chi connectivity index (χ3n) is 4.17. The molecule has 0 saturated carbocycles. The highest BCUT2D eigenvalue weighted by molar-refractivity contribution is 7.98. The lowest BCUT2D eigenvalue weighted by atomic mass is 9.94. The molecule has 0 heterocycles. The summed E-state index contributed by atoms with van der Waals surface area (Å²) in [5, 5.41) is 5.23. The first-order valence-corrected chi connectivity index (χ1v) is 8.65. The van der Waals surface area contributed by atoms with Crippen LogP contribution >= 0.6 is 11.8 Å². The smallest absolute Gasteiger partial charge is 0.0154 e. The van der Waals surface area contributed by atoms with E-state index in [1.165, 1.54) is 37.6 Å². The molecule has 0 saturated heterocycles. The van der Waals surface area contributed by atoms with Gasteiger partial charge in [0.15, 0.2) is 0 Å². The van der Waals surface area contributed by atoms with Gasteiger partial charge >= 0.3 is 0 Å². The van der Waals surface area contributed by atoms with E-state index in [1.807, 2.05) is 11.8 Å². The van der Waals surface area contributed by atoms with Gasteiger partial charge in [-0.1, -0.05) is 72.8 Å². The predicted octanol–water partition coefficient (Wildman–Crippen LogP) is 6.38. The second-order valence-electron chi connectivity index (χ2n) is 5.39. The molecule has 0 spiro atoms. The first kappa shape index (κ1) is 13.4. The molecule has 0 nitrogen and oxygen atoms in total. The highest BCUT2D eigenvalue weighted by atomic mass is 32.2. The minimum atomic E-state index is 1.29. The minimum Gasteiger partial charge on any atom is -0.129 e. The molecule has 0 N–H and O–H groups in total. The third kappa shape index (κ3) is 2.10. The fourth-order valence-electron chi connectivity index (χ4n) is 3.14. The molecule has 0 aromatic heterocycles. The highest BCUT2D eigenvalue weighted by Crippen LogP contribution is 2.39. The molecule has 1 heteroatoms. The first-order valence-electron chi connectivity index (χ1n) is 7.42. The summed E-state index contributed by atoms with van der Waals surface area (Å²) in [7, 11) is 0. The summed E-state index contributed by atoms with van der Waals surface area (Å²) in [6.07, 6.45) is 2.15. The van der Waals surface area contributed by atoms with Crippen LogP contribution in [0.3, 0.4) is 0 Å². The Bertz CT molecular complexity index is 964. The van der Waals surface area contributed by atoms with Gasteiger partial charge in [-0.05, 0) is 39.4 Å². The Morgan fingerprint density at radius 3 is 2.00 bits per heavy atom. The maximum atomic E-state index is 2.24. The van der Waals surface area contributed by atoms with Gasteiger partial charge in [0.05, 0.1) is 0 Å². The molecule has 0 fully saturated rings. The molecule has 0 aliphatic heterocycles. The molecule has 106 valence electrons. The van der Waals surface area contributed by atoms with Crippen LogP contribution in [0.4, 0.5) is 0 Å². The predicted molar refractivity (Wildman–Crippen MR) is 98.7 cm³/mol. The molecule has 0 radical (unpaired) electrons. The van der Waals surface area contributed by atoms with Crippen LogP contribution in [0, 0.1) is 0 Å². The van der Waals surface area contributed by atoms with Gasteiger partial charge in [-0.15, -0.1) is 11.8 Å². The van der Waals surface area contributed by atoms with E-state index in [-0.39, 0.29) is 0 Å². The van der Waals surface area contributed by atoms with E-state index in [9.17, 15) is 0 Å². The van der Waals surface area contributed by atoms with Gasteiger partial charge in [-0.25, -0.2) is 0 Å². The van der Waals surface area contributed by atoms with Crippen LogP contribution in [0.2, 0.25) is 0 Å². The zero-order valence-corrected chi connectivity index (χ0v) is 13.2. The molecule has 0 aliphatic rings. The average Bonchev–Trinajstić information content (AvgIpc) is 2.60. The quantitative estimate of drug-likeness (QED) is 0.387. The standard InChI is InChI=1S/C21H16S/c1-22-20-14-13-16-8-3-5-11-18(16)21(20)19-12-6-9-15-7-2-4-10-17(15)19/h2-14H,1H3. The minimum absolute atomic E-state index is 1.29. The Hall–Kier alpha value is -2.25. The van der Waals surface area contributed by atoms with Crippen LogP contribution in [0.15, 0.2) is 83.8 Å². The van der Waals surface area contributed by atoms with Gasteiger partial charge in [-0.3, -0.25) is 0 Å². The number of rotatable bonds is 2. The second kappa shape index (κ2) is 5.51. The van der Waals surface area contributed by atoms with Crippen molar-refractivity contribution in [2.24, 2.45) is 0 Å². The summed E-state index contributed by atoms with van der Waals surface area (Å²) in [4.78, 5) is 1.33. The number of thioether (sulfide) groups is 1. The van der Waals surface area contributed by atoms with Gasteiger partial charge in [0.1, 0.15) is 0 Å². The molecule has 4 rings (SSSR count). The zero-order valence-electron chi connectivity index (χ0n) is 12.4. The SMILES string of the molecule is CSc1ccc2ccccc2c1-c1cccc2ccccc12. The van der Waals surface area contributed by atoms with Crippen molar-refractivity contribution in [2.75, 3.05) is 6.26 Å². The van der Waals surface area contributed by atoms with Crippen molar-refractivity contribution in [2.45, 2.75) is 4.90 Å². The Labute approximate surface area is 134 Å². The topological polar surface area (TPSA) is 0 Å².